The number of aryl methyl sites for hydroxylation is 4. The number of rotatable bonds is 11. The summed E-state index contributed by atoms with van der Waals surface area (Å²) >= 11 is 25.4. The molecule has 0 N–H and O–H groups in total. The predicted octanol–water partition coefficient (Wildman–Crippen LogP) is 17.5. The van der Waals surface area contributed by atoms with Crippen molar-refractivity contribution in [1.29, 1.82) is 0 Å². The molecule has 23 heteroatoms. The molecule has 392 valence electrons. The van der Waals surface area contributed by atoms with Gasteiger partial charge < -0.3 is 0 Å². The Morgan fingerprint density at radius 2 is 1.15 bits per heavy atom. The van der Waals surface area contributed by atoms with Crippen LogP contribution in [-0.2, 0) is 30.6 Å². The summed E-state index contributed by atoms with van der Waals surface area (Å²) in [7, 11) is 0. The molecule has 9 aromatic heterocycles. The number of halogens is 2. The molecule has 0 amide bonds. The Hall–Kier alpha value is -3.74. The van der Waals surface area contributed by atoms with Crippen molar-refractivity contribution in [2.75, 3.05) is 0 Å². The minimum atomic E-state index is -0.110. The molecule has 11 rings (SSSR count). The van der Waals surface area contributed by atoms with E-state index in [9.17, 15) is 0 Å². The summed E-state index contributed by atoms with van der Waals surface area (Å²) < 4.78 is 35.2. The lowest BCUT2D eigenvalue weighted by molar-refractivity contribution is 0.644. The summed E-state index contributed by atoms with van der Waals surface area (Å²) in [4.78, 5) is 18.9. The third-order valence-corrected chi connectivity index (χ3v) is 16.8. The van der Waals surface area contributed by atoms with Crippen molar-refractivity contribution in [3.05, 3.63) is 162 Å². The van der Waals surface area contributed by atoms with Gasteiger partial charge in [-0.05, 0) is 210 Å². The van der Waals surface area contributed by atoms with Gasteiger partial charge in [0.05, 0.1) is 4.87 Å². The zero-order valence-corrected chi connectivity index (χ0v) is 51.2. The third-order valence-electron chi connectivity index (χ3n) is 8.91. The van der Waals surface area contributed by atoms with Crippen LogP contribution in [0.3, 0.4) is 0 Å². The quantitative estimate of drug-likeness (QED) is 0.113. The van der Waals surface area contributed by atoms with Crippen molar-refractivity contribution in [2.45, 2.75) is 124 Å². The summed E-state index contributed by atoms with van der Waals surface area (Å²) in [5.41, 5.74) is 1.06. The summed E-state index contributed by atoms with van der Waals surface area (Å²) in [6.07, 6.45) is 26.2. The average molecular weight is 1190 g/mol. The van der Waals surface area contributed by atoms with Crippen molar-refractivity contribution in [3.63, 3.8) is 0 Å². The first-order valence-electron chi connectivity index (χ1n) is 23.5. The van der Waals surface area contributed by atoms with Crippen LogP contribution in [0.4, 0.5) is 0 Å². The van der Waals surface area contributed by atoms with E-state index in [4.69, 9.17) is 23.2 Å². The molecule has 1 aliphatic rings. The van der Waals surface area contributed by atoms with Gasteiger partial charge in [-0.3, -0.25) is 0 Å². The predicted molar refractivity (Wildman–Crippen MR) is 319 cm³/mol. The fourth-order valence-corrected chi connectivity index (χ4v) is 10.4. The van der Waals surface area contributed by atoms with Gasteiger partial charge >= 0.3 is 0 Å². The Balaban J connectivity index is 0.000000219. The van der Waals surface area contributed by atoms with E-state index in [-0.39, 0.29) is 4.87 Å². The zero-order chi connectivity index (χ0) is 52.8. The van der Waals surface area contributed by atoms with Gasteiger partial charge in [-0.2, -0.15) is 13.1 Å². The molecule has 10 aromatic rings. The van der Waals surface area contributed by atoms with Crippen LogP contribution in [-0.4, -0.2) is 54.3 Å². The van der Waals surface area contributed by atoms with E-state index in [0.717, 1.165) is 51.3 Å². The van der Waals surface area contributed by atoms with Gasteiger partial charge in [-0.25, -0.2) is 41.2 Å². The topological polar surface area (TPSA) is 155 Å². The Morgan fingerprint density at radius 3 is 1.52 bits per heavy atom. The average Bonchev–Trinajstić information content (AvgIpc) is 4.25. The Morgan fingerprint density at radius 1 is 0.562 bits per heavy atom. The number of nitrogens with zero attached hydrogens (tertiary/aromatic N) is 12. The molecule has 0 aliphatic heterocycles. The van der Waals surface area contributed by atoms with Gasteiger partial charge in [-0.15, -0.1) is 11.6 Å². The van der Waals surface area contributed by atoms with Crippen LogP contribution in [0.2, 0.25) is 5.02 Å². The van der Waals surface area contributed by atoms with Gasteiger partial charge in [-0.1, -0.05) is 85.0 Å². The van der Waals surface area contributed by atoms with E-state index in [1.165, 1.54) is 114 Å². The van der Waals surface area contributed by atoms with E-state index in [1.807, 2.05) is 79.6 Å². The SMILES string of the molecule is CC(C)Cc1ncns1.CC(C)c1ccns1.CCCCc1ccns1.CCCc1ccns1.CCc1ccns1.Cc1ccns1.ClC1(c2ncns2)CC1.Clc1ccc(-c2ncns2)cc1.c1cnsc1. The van der Waals surface area contributed by atoms with E-state index in [1.54, 1.807) is 77.5 Å². The van der Waals surface area contributed by atoms with E-state index >= 15 is 0 Å². The molecule has 1 aliphatic carbocycles. The van der Waals surface area contributed by atoms with Crippen LogP contribution in [0, 0.1) is 12.8 Å². The van der Waals surface area contributed by atoms with Crippen LogP contribution >= 0.6 is 127 Å². The largest absolute Gasteiger partial charge is 0.228 e. The van der Waals surface area contributed by atoms with Crippen molar-refractivity contribution < 1.29 is 0 Å². The number of alkyl halides is 1. The standard InChI is InChI=1S/C8H5ClN2S.C7H11NS.C6H10N2S.2C6H9NS.C5H5ClN2S.C5H7NS.C4H5NS.C3H3NS/c9-7-3-1-6(2-4-7)8-10-5-11-12-8;1-2-3-4-7-5-6-8-9-7;1-5(2)3-6-7-4-8-9-6;1-5(2)6-3-4-7-8-6;1-2-3-6-4-5-7-8-6;6-5(1-2-5)4-7-3-8-9-4;1-2-5-3-4-6-7-5;1-4-2-3-5-6-4;1-2-4-5-3-1/h1-5H;5-6H,2-4H2,1H3;4-5H,3H2,1-2H3;3-5H,1-2H3;4-5H,2-3H2,1H3;3H,1-2H2;3-4H,2H2,1H3;2-3H,1H3;1-3H. The van der Waals surface area contributed by atoms with Gasteiger partial charge in [0.1, 0.15) is 34.0 Å². The van der Waals surface area contributed by atoms with Crippen molar-refractivity contribution in [3.8, 4) is 10.6 Å². The van der Waals surface area contributed by atoms with Crippen LogP contribution in [0.25, 0.3) is 10.6 Å². The first-order chi connectivity index (χ1) is 35.5. The van der Waals surface area contributed by atoms with Gasteiger partial charge in [0.25, 0.3) is 0 Å². The Bertz CT molecular complexity index is 2590. The third kappa shape index (κ3) is 30.4. The maximum absolute atomic E-state index is 6.02. The van der Waals surface area contributed by atoms with Crippen molar-refractivity contribution >= 4 is 127 Å². The van der Waals surface area contributed by atoms with Crippen LogP contribution in [0.1, 0.15) is 121 Å². The summed E-state index contributed by atoms with van der Waals surface area (Å²) in [6, 6.07) is 19.7. The first-order valence-corrected chi connectivity index (χ1v) is 31.3. The van der Waals surface area contributed by atoms with Crippen molar-refractivity contribution in [1.82, 2.24) is 54.3 Å². The summed E-state index contributed by atoms with van der Waals surface area (Å²) in [5, 5.41) is 5.71. The molecule has 12 nitrogen and oxygen atoms in total. The number of unbranched alkanes of at least 4 members (excludes halogenated alkanes) is 1. The fraction of sp³-hybridized carbons (Fsp3) is 0.400. The van der Waals surface area contributed by atoms with Crippen molar-refractivity contribution in [2.24, 2.45) is 5.92 Å². The van der Waals surface area contributed by atoms with Crippen LogP contribution in [0.15, 0.2) is 122 Å². The fourth-order valence-electron chi connectivity index (χ4n) is 4.96. The molecule has 1 fully saturated rings. The molecular weight excluding hydrogens is 1130 g/mol. The van der Waals surface area contributed by atoms with E-state index in [2.05, 4.69) is 121 Å². The van der Waals surface area contributed by atoms with E-state index in [0.29, 0.717) is 11.8 Å². The van der Waals surface area contributed by atoms with Crippen LogP contribution in [0.5, 0.6) is 0 Å². The number of hydrogen-bond donors (Lipinski definition) is 0. The van der Waals surface area contributed by atoms with Crippen LogP contribution < -0.4 is 0 Å². The maximum atomic E-state index is 6.02. The lowest BCUT2D eigenvalue weighted by atomic mass is 10.1. The van der Waals surface area contributed by atoms with E-state index < -0.39 is 0 Å². The summed E-state index contributed by atoms with van der Waals surface area (Å²) in [6.45, 7) is 17.3. The second kappa shape index (κ2) is 39.6. The van der Waals surface area contributed by atoms with Gasteiger partial charge in [0, 0.05) is 84.0 Å². The monoisotopic (exact) mass is 1190 g/mol. The highest BCUT2D eigenvalue weighted by Crippen LogP contribution is 2.52. The molecule has 73 heavy (non-hydrogen) atoms. The first kappa shape index (κ1) is 63.6. The number of hydrogen-bond acceptors (Lipinski definition) is 21. The second-order valence-electron chi connectivity index (χ2n) is 15.9. The molecule has 1 aromatic carbocycles. The zero-order valence-electron chi connectivity index (χ0n) is 42.4. The Labute approximate surface area is 479 Å². The van der Waals surface area contributed by atoms with Gasteiger partial charge in [0.15, 0.2) is 0 Å². The molecule has 0 atom stereocenters. The molecule has 9 heterocycles. The number of aromatic nitrogens is 12. The second-order valence-corrected chi connectivity index (χ2v) is 24.9. The lowest BCUT2D eigenvalue weighted by Crippen LogP contribution is -1.92. The number of benzene rings is 1. The minimum absolute atomic E-state index is 0.110. The molecular formula is C50H64Cl2N12S9. The molecule has 0 spiro atoms. The maximum Gasteiger partial charge on any atom is 0.143 e. The summed E-state index contributed by atoms with van der Waals surface area (Å²) in [5.74, 6) is 1.33. The lowest BCUT2D eigenvalue weighted by Gasteiger charge is -1.96. The molecule has 0 unspecified atom stereocenters. The molecule has 0 bridgehead atoms. The highest BCUT2D eigenvalue weighted by Gasteiger charge is 2.45. The van der Waals surface area contributed by atoms with Gasteiger partial charge in [0.2, 0.25) is 0 Å². The minimum Gasteiger partial charge on any atom is -0.228 e. The molecule has 1 saturated carbocycles. The highest BCUT2D eigenvalue weighted by atomic mass is 35.5. The Kier molecular flexibility index (Phi) is 34.5. The highest BCUT2D eigenvalue weighted by molar-refractivity contribution is 7.09. The smallest absolute Gasteiger partial charge is 0.143 e. The molecule has 0 saturated heterocycles. The normalized spacial score (nSPS) is 11.2. The molecule has 0 radical (unpaired) electrons.